The molecule has 5 rings (SSSR count). The van der Waals surface area contributed by atoms with Crippen LogP contribution < -0.4 is 9.21 Å². The Morgan fingerprint density at radius 2 is 1.41 bits per heavy atom. The van der Waals surface area contributed by atoms with Gasteiger partial charge in [-0.3, -0.25) is 4.31 Å². The summed E-state index contributed by atoms with van der Waals surface area (Å²) in [5.74, 6) is 0.615. The molecule has 3 aromatic carbocycles. The maximum atomic E-state index is 13.3. The molecule has 1 fully saturated rings. The summed E-state index contributed by atoms with van der Waals surface area (Å²) in [7, 11) is -7.38. The third-order valence-corrected chi connectivity index (χ3v) is 10.3. The standard InChI is InChI=1S/C27H28N4O4S2/c1-2-31(24-10-4-3-5-11-24)37(34,35)26-14-15-27(28-21-26)29-16-18-30(19-17-29)36(32,33)25-13-12-22-8-6-7-9-23(22)20-25/h3-15,20-21H,2,16-19H2,1H3. The van der Waals surface area contributed by atoms with E-state index in [4.69, 9.17) is 0 Å². The van der Waals surface area contributed by atoms with Gasteiger partial charge < -0.3 is 4.90 Å². The smallest absolute Gasteiger partial charge is 0.265 e. The van der Waals surface area contributed by atoms with Crippen LogP contribution in [0.15, 0.2) is 101 Å². The van der Waals surface area contributed by atoms with Crippen molar-refractivity contribution in [2.45, 2.75) is 16.7 Å². The van der Waals surface area contributed by atoms with Gasteiger partial charge in [0.15, 0.2) is 0 Å². The number of nitrogens with zero attached hydrogens (tertiary/aromatic N) is 4. The Hall–Kier alpha value is -3.47. The lowest BCUT2D eigenvalue weighted by atomic mass is 10.1. The van der Waals surface area contributed by atoms with Gasteiger partial charge in [-0.25, -0.2) is 21.8 Å². The second-order valence-corrected chi connectivity index (χ2v) is 12.6. The number of hydrogen-bond donors (Lipinski definition) is 0. The maximum absolute atomic E-state index is 13.3. The zero-order valence-electron chi connectivity index (χ0n) is 20.4. The van der Waals surface area contributed by atoms with Gasteiger partial charge in [-0.05, 0) is 54.1 Å². The molecule has 1 aliphatic heterocycles. The van der Waals surface area contributed by atoms with Crippen molar-refractivity contribution in [1.29, 1.82) is 0 Å². The fourth-order valence-corrected chi connectivity index (χ4v) is 7.44. The molecule has 1 aromatic heterocycles. The first-order valence-corrected chi connectivity index (χ1v) is 15.0. The summed E-state index contributed by atoms with van der Waals surface area (Å²) in [6.45, 7) is 3.62. The third kappa shape index (κ3) is 4.92. The van der Waals surface area contributed by atoms with Gasteiger partial charge in [0.2, 0.25) is 10.0 Å². The first-order valence-electron chi connectivity index (χ1n) is 12.1. The monoisotopic (exact) mass is 536 g/mol. The molecule has 0 aliphatic carbocycles. The van der Waals surface area contributed by atoms with Crippen LogP contribution in [-0.4, -0.2) is 58.8 Å². The van der Waals surface area contributed by atoms with Crippen LogP contribution in [0.5, 0.6) is 0 Å². The molecule has 0 unspecified atom stereocenters. The van der Waals surface area contributed by atoms with E-state index >= 15 is 0 Å². The molecule has 2 heterocycles. The van der Waals surface area contributed by atoms with Crippen LogP contribution in [0.2, 0.25) is 0 Å². The number of sulfonamides is 2. The molecule has 1 aliphatic rings. The first kappa shape index (κ1) is 25.2. The van der Waals surface area contributed by atoms with Crippen LogP contribution in [0.25, 0.3) is 10.8 Å². The topological polar surface area (TPSA) is 90.9 Å². The Morgan fingerprint density at radius 3 is 2.05 bits per heavy atom. The lowest BCUT2D eigenvalue weighted by Gasteiger charge is -2.34. The van der Waals surface area contributed by atoms with Crippen LogP contribution in [-0.2, 0) is 20.0 Å². The molecule has 0 bridgehead atoms. The van der Waals surface area contributed by atoms with Crippen molar-refractivity contribution in [1.82, 2.24) is 9.29 Å². The van der Waals surface area contributed by atoms with Gasteiger partial charge in [0.1, 0.15) is 10.7 Å². The highest BCUT2D eigenvalue weighted by atomic mass is 32.2. The predicted octanol–water partition coefficient (Wildman–Crippen LogP) is 3.96. The van der Waals surface area contributed by atoms with Crippen LogP contribution in [0.4, 0.5) is 11.5 Å². The number of hydrogen-bond acceptors (Lipinski definition) is 6. The first-order chi connectivity index (χ1) is 17.8. The van der Waals surface area contributed by atoms with Gasteiger partial charge in [0.05, 0.1) is 10.6 Å². The van der Waals surface area contributed by atoms with E-state index in [1.54, 1.807) is 55.5 Å². The molecule has 8 nitrogen and oxygen atoms in total. The number of piperazine rings is 1. The summed E-state index contributed by atoms with van der Waals surface area (Å²) in [4.78, 5) is 6.77. The number of pyridine rings is 1. The van der Waals surface area contributed by atoms with Crippen molar-refractivity contribution >= 4 is 42.3 Å². The number of rotatable bonds is 7. The molecule has 0 atom stereocenters. The van der Waals surface area contributed by atoms with E-state index in [0.29, 0.717) is 44.2 Å². The molecule has 0 spiro atoms. The van der Waals surface area contributed by atoms with Crippen LogP contribution >= 0.6 is 0 Å². The van der Waals surface area contributed by atoms with Gasteiger partial charge in [0.25, 0.3) is 10.0 Å². The summed E-state index contributed by atoms with van der Waals surface area (Å²) in [5.41, 5.74) is 0.595. The van der Waals surface area contributed by atoms with E-state index in [1.165, 1.54) is 14.8 Å². The van der Waals surface area contributed by atoms with Crippen LogP contribution in [0, 0.1) is 0 Å². The fraction of sp³-hybridized carbons (Fsp3) is 0.222. The number of para-hydroxylation sites is 1. The second kappa shape index (κ2) is 10.1. The summed E-state index contributed by atoms with van der Waals surface area (Å²) < 4.78 is 55.8. The zero-order chi connectivity index (χ0) is 26.0. The SMILES string of the molecule is CCN(c1ccccc1)S(=O)(=O)c1ccc(N2CCN(S(=O)(=O)c3ccc4ccccc4c3)CC2)nc1. The Morgan fingerprint density at radius 1 is 0.757 bits per heavy atom. The molecule has 1 saturated heterocycles. The molecule has 0 radical (unpaired) electrons. The quantitative estimate of drug-likeness (QED) is 0.355. The maximum Gasteiger partial charge on any atom is 0.265 e. The number of anilines is 2. The predicted molar refractivity (Wildman–Crippen MR) is 146 cm³/mol. The summed E-state index contributed by atoms with van der Waals surface area (Å²) in [5, 5.41) is 1.88. The minimum Gasteiger partial charge on any atom is -0.354 e. The normalized spacial score (nSPS) is 15.1. The van der Waals surface area contributed by atoms with Crippen molar-refractivity contribution in [3.8, 4) is 0 Å². The van der Waals surface area contributed by atoms with Crippen molar-refractivity contribution in [3.63, 3.8) is 0 Å². The van der Waals surface area contributed by atoms with E-state index in [9.17, 15) is 16.8 Å². The van der Waals surface area contributed by atoms with Crippen molar-refractivity contribution in [2.75, 3.05) is 41.9 Å². The lowest BCUT2D eigenvalue weighted by Crippen LogP contribution is -2.48. The van der Waals surface area contributed by atoms with Gasteiger partial charge in [-0.15, -0.1) is 0 Å². The Kier molecular flexibility index (Phi) is 6.89. The molecule has 10 heteroatoms. The van der Waals surface area contributed by atoms with E-state index in [1.807, 2.05) is 41.3 Å². The number of aromatic nitrogens is 1. The molecule has 0 amide bonds. The Labute approximate surface area is 217 Å². The zero-order valence-corrected chi connectivity index (χ0v) is 22.1. The highest BCUT2D eigenvalue weighted by Gasteiger charge is 2.30. The van der Waals surface area contributed by atoms with Crippen molar-refractivity contribution in [2.24, 2.45) is 0 Å². The van der Waals surface area contributed by atoms with E-state index in [-0.39, 0.29) is 9.79 Å². The van der Waals surface area contributed by atoms with Gasteiger partial charge in [-0.2, -0.15) is 4.31 Å². The van der Waals surface area contributed by atoms with E-state index in [2.05, 4.69) is 4.98 Å². The highest BCUT2D eigenvalue weighted by molar-refractivity contribution is 7.92. The molecular weight excluding hydrogens is 508 g/mol. The van der Waals surface area contributed by atoms with Crippen LogP contribution in [0.1, 0.15) is 6.92 Å². The molecular formula is C27H28N4O4S2. The molecule has 192 valence electrons. The highest BCUT2D eigenvalue weighted by Crippen LogP contribution is 2.26. The second-order valence-electron chi connectivity index (χ2n) is 8.76. The minimum atomic E-state index is -3.76. The van der Waals surface area contributed by atoms with Crippen molar-refractivity contribution in [3.05, 3.63) is 91.1 Å². The number of fused-ring (bicyclic) bond motifs is 1. The summed E-state index contributed by atoms with van der Waals surface area (Å²) in [6, 6.07) is 25.1. The third-order valence-electron chi connectivity index (χ3n) is 6.56. The largest absolute Gasteiger partial charge is 0.354 e. The molecule has 4 aromatic rings. The van der Waals surface area contributed by atoms with E-state index in [0.717, 1.165) is 10.8 Å². The lowest BCUT2D eigenvalue weighted by molar-refractivity contribution is 0.384. The fourth-order valence-electron chi connectivity index (χ4n) is 4.56. The van der Waals surface area contributed by atoms with Gasteiger partial charge >= 0.3 is 0 Å². The van der Waals surface area contributed by atoms with Crippen molar-refractivity contribution < 1.29 is 16.8 Å². The Balaban J connectivity index is 1.28. The molecule has 0 N–H and O–H groups in total. The molecule has 37 heavy (non-hydrogen) atoms. The van der Waals surface area contributed by atoms with Gasteiger partial charge in [-0.1, -0.05) is 48.5 Å². The average Bonchev–Trinajstić information content (AvgIpc) is 2.94. The number of benzene rings is 3. The molecule has 0 saturated carbocycles. The van der Waals surface area contributed by atoms with Crippen LogP contribution in [0.3, 0.4) is 0 Å². The van der Waals surface area contributed by atoms with Gasteiger partial charge in [0, 0.05) is 38.9 Å². The van der Waals surface area contributed by atoms with E-state index < -0.39 is 20.0 Å². The average molecular weight is 537 g/mol. The summed E-state index contributed by atoms with van der Waals surface area (Å²) >= 11 is 0. The minimum absolute atomic E-state index is 0.111. The summed E-state index contributed by atoms with van der Waals surface area (Å²) in [6.07, 6.45) is 1.37. The Bertz CT molecular complexity index is 1600.